The van der Waals surface area contributed by atoms with Crippen molar-refractivity contribution in [2.75, 3.05) is 11.4 Å². The van der Waals surface area contributed by atoms with Gasteiger partial charge in [0.1, 0.15) is 12.4 Å². The number of carbonyl (C=O) groups excluding carboxylic acids is 2. The van der Waals surface area contributed by atoms with Crippen molar-refractivity contribution in [1.82, 2.24) is 0 Å². The van der Waals surface area contributed by atoms with Crippen molar-refractivity contribution in [3.63, 3.8) is 0 Å². The lowest BCUT2D eigenvalue weighted by Crippen LogP contribution is -2.38. The molecule has 0 N–H and O–H groups in total. The average molecular weight is 432 g/mol. The number of esters is 1. The highest BCUT2D eigenvalue weighted by Crippen LogP contribution is 2.41. The smallest absolute Gasteiger partial charge is 0.302 e. The number of amides is 1. The van der Waals surface area contributed by atoms with E-state index < -0.39 is 11.8 Å². The maximum atomic E-state index is 14.1. The first-order valence-electron chi connectivity index (χ1n) is 9.00. The summed E-state index contributed by atoms with van der Waals surface area (Å²) in [5, 5.41) is 0. The molecule has 2 aromatic rings. The normalized spacial score (nSPS) is 16.3. The third kappa shape index (κ3) is 3.63. The van der Waals surface area contributed by atoms with Gasteiger partial charge in [-0.2, -0.15) is 0 Å². The molecule has 2 aliphatic rings. The maximum Gasteiger partial charge on any atom is 0.302 e. The monoisotopic (exact) mass is 431 g/mol. The molecule has 0 saturated heterocycles. The molecule has 2 aromatic carbocycles. The van der Waals surface area contributed by atoms with Crippen LogP contribution in [0.2, 0.25) is 0 Å². The number of fused-ring (bicyclic) bond motifs is 1. The number of carbonyl (C=O) groups is 2. The molecule has 1 amide bonds. The number of halogens is 2. The standard InChI is InChI=1S/C21H19BrFNO3/c1-12(25)27-11-18-19(22)9-16(23)10-20(18)24-7-6-15-8-14(13-2-3-13)4-5-17(15)21(24)26/h4-5,8-10,13H,2-3,6-7,11H2,1H3. The van der Waals surface area contributed by atoms with Crippen LogP contribution in [0.25, 0.3) is 0 Å². The molecule has 0 radical (unpaired) electrons. The van der Waals surface area contributed by atoms with Gasteiger partial charge in [0, 0.05) is 29.1 Å². The van der Waals surface area contributed by atoms with E-state index in [1.54, 1.807) is 4.90 Å². The maximum absolute atomic E-state index is 14.1. The predicted molar refractivity (Wildman–Crippen MR) is 103 cm³/mol. The van der Waals surface area contributed by atoms with E-state index >= 15 is 0 Å². The molecule has 4 nitrogen and oxygen atoms in total. The Morgan fingerprint density at radius 1 is 1.30 bits per heavy atom. The molecule has 0 atom stereocenters. The zero-order chi connectivity index (χ0) is 19.1. The first-order chi connectivity index (χ1) is 12.9. The number of nitrogens with zero attached hydrogens (tertiary/aromatic N) is 1. The molecule has 1 fully saturated rings. The fourth-order valence-electron chi connectivity index (χ4n) is 3.56. The SMILES string of the molecule is CC(=O)OCc1c(Br)cc(F)cc1N1CCc2cc(C3CC3)ccc2C1=O. The third-order valence-corrected chi connectivity index (χ3v) is 5.81. The molecule has 140 valence electrons. The van der Waals surface area contributed by atoms with Crippen LogP contribution in [0.1, 0.15) is 52.7 Å². The van der Waals surface area contributed by atoms with E-state index in [4.69, 9.17) is 4.74 Å². The number of rotatable bonds is 4. The fourth-order valence-corrected chi connectivity index (χ4v) is 4.09. The Balaban J connectivity index is 1.69. The number of hydrogen-bond donors (Lipinski definition) is 0. The van der Waals surface area contributed by atoms with Crippen LogP contribution in [-0.2, 0) is 22.6 Å². The molecule has 0 aromatic heterocycles. The molecule has 27 heavy (non-hydrogen) atoms. The van der Waals surface area contributed by atoms with Crippen LogP contribution >= 0.6 is 15.9 Å². The first kappa shape index (κ1) is 18.2. The Hall–Kier alpha value is -2.21. The van der Waals surface area contributed by atoms with Crippen molar-refractivity contribution in [3.05, 3.63) is 62.9 Å². The predicted octanol–water partition coefficient (Wildman–Crippen LogP) is 4.73. The van der Waals surface area contributed by atoms with Gasteiger partial charge in [0.25, 0.3) is 5.91 Å². The van der Waals surface area contributed by atoms with Gasteiger partial charge in [0.15, 0.2) is 0 Å². The quantitative estimate of drug-likeness (QED) is 0.657. The summed E-state index contributed by atoms with van der Waals surface area (Å²) in [4.78, 5) is 25.9. The summed E-state index contributed by atoms with van der Waals surface area (Å²) in [6.45, 7) is 1.75. The van der Waals surface area contributed by atoms with E-state index in [1.165, 1.54) is 37.5 Å². The van der Waals surface area contributed by atoms with Gasteiger partial charge in [0.2, 0.25) is 0 Å². The minimum absolute atomic E-state index is 0.0250. The van der Waals surface area contributed by atoms with Crippen LogP contribution in [0.15, 0.2) is 34.8 Å². The van der Waals surface area contributed by atoms with Crippen LogP contribution in [0.4, 0.5) is 10.1 Å². The van der Waals surface area contributed by atoms with E-state index in [9.17, 15) is 14.0 Å². The summed E-state index contributed by atoms with van der Waals surface area (Å²) in [6, 6.07) is 8.69. The van der Waals surface area contributed by atoms with Crippen molar-refractivity contribution >= 4 is 33.5 Å². The zero-order valence-corrected chi connectivity index (χ0v) is 16.5. The minimum atomic E-state index is -0.453. The van der Waals surface area contributed by atoms with E-state index in [1.807, 2.05) is 12.1 Å². The lowest BCUT2D eigenvalue weighted by molar-refractivity contribution is -0.142. The summed E-state index contributed by atoms with van der Waals surface area (Å²) in [7, 11) is 0. The number of benzene rings is 2. The van der Waals surface area contributed by atoms with Gasteiger partial charge >= 0.3 is 5.97 Å². The van der Waals surface area contributed by atoms with Gasteiger partial charge in [-0.05, 0) is 54.5 Å². The summed E-state index contributed by atoms with van der Waals surface area (Å²) >= 11 is 3.33. The largest absolute Gasteiger partial charge is 0.461 e. The van der Waals surface area contributed by atoms with E-state index in [-0.39, 0.29) is 12.5 Å². The van der Waals surface area contributed by atoms with Crippen molar-refractivity contribution in [1.29, 1.82) is 0 Å². The van der Waals surface area contributed by atoms with E-state index in [2.05, 4.69) is 22.0 Å². The molecule has 1 aliphatic heterocycles. The summed E-state index contributed by atoms with van der Waals surface area (Å²) in [5.74, 6) is -0.399. The zero-order valence-electron chi connectivity index (χ0n) is 14.9. The van der Waals surface area contributed by atoms with Crippen LogP contribution < -0.4 is 4.90 Å². The second kappa shape index (κ2) is 7.08. The minimum Gasteiger partial charge on any atom is -0.461 e. The van der Waals surface area contributed by atoms with E-state index in [0.717, 1.165) is 5.56 Å². The summed E-state index contributed by atoms with van der Waals surface area (Å²) < 4.78 is 19.6. The van der Waals surface area contributed by atoms with Gasteiger partial charge in [0.05, 0.1) is 5.69 Å². The third-order valence-electron chi connectivity index (χ3n) is 5.11. The average Bonchev–Trinajstić information content (AvgIpc) is 3.45. The lowest BCUT2D eigenvalue weighted by Gasteiger charge is -2.31. The van der Waals surface area contributed by atoms with Crippen molar-refractivity contribution in [2.45, 2.75) is 38.7 Å². The fraction of sp³-hybridized carbons (Fsp3) is 0.333. The highest BCUT2D eigenvalue weighted by Gasteiger charge is 2.30. The molecule has 1 heterocycles. The van der Waals surface area contributed by atoms with Gasteiger partial charge in [-0.25, -0.2) is 4.39 Å². The van der Waals surface area contributed by atoms with E-state index in [0.29, 0.717) is 40.2 Å². The van der Waals surface area contributed by atoms with Crippen molar-refractivity contribution in [3.8, 4) is 0 Å². The number of hydrogen-bond acceptors (Lipinski definition) is 3. The molecule has 4 rings (SSSR count). The molecule has 1 aliphatic carbocycles. The summed E-state index contributed by atoms with van der Waals surface area (Å²) in [6.07, 6.45) is 3.15. The molecular formula is C21H19BrFNO3. The Labute approximate surface area is 165 Å². The second-order valence-corrected chi connectivity index (χ2v) is 7.92. The molecule has 6 heteroatoms. The Bertz CT molecular complexity index is 939. The highest BCUT2D eigenvalue weighted by molar-refractivity contribution is 9.10. The van der Waals surface area contributed by atoms with Gasteiger partial charge in [-0.15, -0.1) is 0 Å². The Morgan fingerprint density at radius 3 is 2.78 bits per heavy atom. The van der Waals surface area contributed by atoms with Crippen molar-refractivity contribution < 1.29 is 18.7 Å². The second-order valence-electron chi connectivity index (χ2n) is 7.06. The summed E-state index contributed by atoms with van der Waals surface area (Å²) in [5.41, 5.74) is 4.03. The molecule has 0 spiro atoms. The van der Waals surface area contributed by atoms with Crippen LogP contribution in [0.3, 0.4) is 0 Å². The topological polar surface area (TPSA) is 46.6 Å². The van der Waals surface area contributed by atoms with Crippen LogP contribution in [0, 0.1) is 5.82 Å². The first-order valence-corrected chi connectivity index (χ1v) is 9.79. The Kier molecular flexibility index (Phi) is 4.76. The lowest BCUT2D eigenvalue weighted by atomic mass is 9.94. The number of ether oxygens (including phenoxy) is 1. The van der Waals surface area contributed by atoms with Crippen molar-refractivity contribution in [2.24, 2.45) is 0 Å². The number of anilines is 1. The highest BCUT2D eigenvalue weighted by atomic mass is 79.9. The van der Waals surface area contributed by atoms with Gasteiger partial charge in [-0.3, -0.25) is 9.59 Å². The molecule has 1 saturated carbocycles. The van der Waals surface area contributed by atoms with Gasteiger partial charge in [-0.1, -0.05) is 28.1 Å². The molecule has 0 unspecified atom stereocenters. The molecular weight excluding hydrogens is 413 g/mol. The Morgan fingerprint density at radius 2 is 2.07 bits per heavy atom. The van der Waals surface area contributed by atoms with Crippen LogP contribution in [0.5, 0.6) is 0 Å². The van der Waals surface area contributed by atoms with Gasteiger partial charge < -0.3 is 9.64 Å². The van der Waals surface area contributed by atoms with Crippen LogP contribution in [-0.4, -0.2) is 18.4 Å². The molecule has 0 bridgehead atoms.